The normalized spacial score (nSPS) is 16.1. The SMILES string of the molecule is O=C(NCc1ccc(OC(F)F)cc1)[C@@H](c1ccccc1)N1CCSCC1. The molecule has 7 heteroatoms. The Morgan fingerprint density at radius 1 is 1.07 bits per heavy atom. The maximum absolute atomic E-state index is 12.9. The molecule has 4 nitrogen and oxygen atoms in total. The molecule has 144 valence electrons. The number of thioether (sulfide) groups is 1. The highest BCUT2D eigenvalue weighted by Crippen LogP contribution is 2.24. The van der Waals surface area contributed by atoms with Crippen molar-refractivity contribution in [2.45, 2.75) is 19.2 Å². The van der Waals surface area contributed by atoms with Crippen LogP contribution in [0.1, 0.15) is 17.2 Å². The summed E-state index contributed by atoms with van der Waals surface area (Å²) in [7, 11) is 0. The highest BCUT2D eigenvalue weighted by Gasteiger charge is 2.28. The number of rotatable bonds is 7. The van der Waals surface area contributed by atoms with E-state index >= 15 is 0 Å². The Morgan fingerprint density at radius 2 is 1.74 bits per heavy atom. The van der Waals surface area contributed by atoms with E-state index in [2.05, 4.69) is 15.0 Å². The third-order valence-corrected chi connectivity index (χ3v) is 5.33. The van der Waals surface area contributed by atoms with Crippen LogP contribution < -0.4 is 10.1 Å². The summed E-state index contributed by atoms with van der Waals surface area (Å²) >= 11 is 1.90. The van der Waals surface area contributed by atoms with Crippen molar-refractivity contribution in [1.82, 2.24) is 10.2 Å². The molecule has 1 fully saturated rings. The van der Waals surface area contributed by atoms with Crippen molar-refractivity contribution in [2.75, 3.05) is 24.6 Å². The summed E-state index contributed by atoms with van der Waals surface area (Å²) in [5.41, 5.74) is 1.80. The minimum atomic E-state index is -2.84. The predicted octanol–water partition coefficient (Wildman–Crippen LogP) is 3.69. The smallest absolute Gasteiger partial charge is 0.387 e. The van der Waals surface area contributed by atoms with E-state index in [0.29, 0.717) is 6.54 Å². The van der Waals surface area contributed by atoms with Crippen molar-refractivity contribution in [2.24, 2.45) is 0 Å². The summed E-state index contributed by atoms with van der Waals surface area (Å²) in [4.78, 5) is 15.2. The van der Waals surface area contributed by atoms with Crippen LogP contribution in [0.4, 0.5) is 8.78 Å². The third kappa shape index (κ3) is 5.68. The average Bonchev–Trinajstić information content (AvgIpc) is 2.69. The second-order valence-electron chi connectivity index (χ2n) is 6.20. The molecule has 0 radical (unpaired) electrons. The van der Waals surface area contributed by atoms with Gasteiger partial charge in [-0.15, -0.1) is 0 Å². The molecule has 1 heterocycles. The van der Waals surface area contributed by atoms with Crippen LogP contribution in [-0.4, -0.2) is 42.0 Å². The number of alkyl halides is 2. The number of carbonyl (C=O) groups excluding carboxylic acids is 1. The molecule has 1 N–H and O–H groups in total. The molecule has 3 rings (SSSR count). The van der Waals surface area contributed by atoms with Crippen LogP contribution in [0.3, 0.4) is 0 Å². The molecule has 0 spiro atoms. The van der Waals surface area contributed by atoms with Crippen molar-refractivity contribution in [3.63, 3.8) is 0 Å². The first-order valence-electron chi connectivity index (χ1n) is 8.81. The molecule has 1 aliphatic heterocycles. The zero-order valence-electron chi connectivity index (χ0n) is 14.8. The molecule has 0 aromatic heterocycles. The van der Waals surface area contributed by atoms with Gasteiger partial charge >= 0.3 is 6.61 Å². The Bertz CT molecular complexity index is 723. The minimum Gasteiger partial charge on any atom is -0.435 e. The van der Waals surface area contributed by atoms with Gasteiger partial charge in [0.2, 0.25) is 5.91 Å². The van der Waals surface area contributed by atoms with Gasteiger partial charge < -0.3 is 10.1 Å². The minimum absolute atomic E-state index is 0.0546. The Morgan fingerprint density at radius 3 is 2.37 bits per heavy atom. The fourth-order valence-corrected chi connectivity index (χ4v) is 4.00. The van der Waals surface area contributed by atoms with Crippen molar-refractivity contribution >= 4 is 17.7 Å². The van der Waals surface area contributed by atoms with Crippen LogP contribution in [0.5, 0.6) is 5.75 Å². The van der Waals surface area contributed by atoms with E-state index in [1.54, 1.807) is 12.1 Å². The molecule has 1 saturated heterocycles. The Labute approximate surface area is 161 Å². The van der Waals surface area contributed by atoms with Gasteiger partial charge in [-0.25, -0.2) is 0 Å². The third-order valence-electron chi connectivity index (χ3n) is 4.39. The second-order valence-corrected chi connectivity index (χ2v) is 7.43. The van der Waals surface area contributed by atoms with Crippen molar-refractivity contribution < 1.29 is 18.3 Å². The van der Waals surface area contributed by atoms with Crippen LogP contribution in [0, 0.1) is 0 Å². The Kier molecular flexibility index (Phi) is 7.06. The van der Waals surface area contributed by atoms with E-state index in [9.17, 15) is 13.6 Å². The lowest BCUT2D eigenvalue weighted by Crippen LogP contribution is -2.44. The van der Waals surface area contributed by atoms with Gasteiger partial charge in [0.1, 0.15) is 11.8 Å². The zero-order chi connectivity index (χ0) is 19.1. The number of amides is 1. The maximum atomic E-state index is 12.9. The molecule has 2 aromatic carbocycles. The van der Waals surface area contributed by atoms with Crippen molar-refractivity contribution in [1.29, 1.82) is 0 Å². The summed E-state index contributed by atoms with van der Waals surface area (Å²) in [6, 6.07) is 15.7. The molecular weight excluding hydrogens is 370 g/mol. The number of halogens is 2. The second kappa shape index (κ2) is 9.71. The summed E-state index contributed by atoms with van der Waals surface area (Å²) in [6.45, 7) is -0.765. The highest BCUT2D eigenvalue weighted by molar-refractivity contribution is 7.99. The van der Waals surface area contributed by atoms with Gasteiger partial charge in [-0.05, 0) is 23.3 Å². The quantitative estimate of drug-likeness (QED) is 0.780. The molecule has 0 saturated carbocycles. The zero-order valence-corrected chi connectivity index (χ0v) is 15.6. The van der Waals surface area contributed by atoms with Gasteiger partial charge in [0.05, 0.1) is 0 Å². The molecule has 1 atom stereocenters. The van der Waals surface area contributed by atoms with E-state index in [1.165, 1.54) is 12.1 Å². The van der Waals surface area contributed by atoms with Crippen LogP contribution in [-0.2, 0) is 11.3 Å². The van der Waals surface area contributed by atoms with E-state index in [-0.39, 0.29) is 17.7 Å². The Balaban J connectivity index is 1.65. The first-order chi connectivity index (χ1) is 13.1. The molecule has 0 bridgehead atoms. The fraction of sp³-hybridized carbons (Fsp3) is 0.350. The largest absolute Gasteiger partial charge is 0.435 e. The van der Waals surface area contributed by atoms with Gasteiger partial charge in [0.25, 0.3) is 0 Å². The summed E-state index contributed by atoms with van der Waals surface area (Å²) in [5.74, 6) is 2.08. The van der Waals surface area contributed by atoms with Crippen LogP contribution in [0.25, 0.3) is 0 Å². The highest BCUT2D eigenvalue weighted by atomic mass is 32.2. The number of carbonyl (C=O) groups is 1. The van der Waals surface area contributed by atoms with Gasteiger partial charge in [-0.1, -0.05) is 42.5 Å². The number of hydrogen-bond acceptors (Lipinski definition) is 4. The van der Waals surface area contributed by atoms with Gasteiger partial charge in [-0.2, -0.15) is 20.5 Å². The van der Waals surface area contributed by atoms with Gasteiger partial charge in [0, 0.05) is 31.1 Å². The van der Waals surface area contributed by atoms with E-state index in [1.807, 2.05) is 42.1 Å². The lowest BCUT2D eigenvalue weighted by atomic mass is 10.0. The number of hydrogen-bond donors (Lipinski definition) is 1. The molecule has 0 unspecified atom stereocenters. The molecule has 2 aromatic rings. The Hall–Kier alpha value is -2.12. The van der Waals surface area contributed by atoms with Crippen molar-refractivity contribution in [3.05, 3.63) is 65.7 Å². The first kappa shape index (κ1) is 19.6. The van der Waals surface area contributed by atoms with Gasteiger partial charge in [-0.3, -0.25) is 9.69 Å². The number of nitrogens with zero attached hydrogens (tertiary/aromatic N) is 1. The van der Waals surface area contributed by atoms with Gasteiger partial charge in [0.15, 0.2) is 0 Å². The lowest BCUT2D eigenvalue weighted by Gasteiger charge is -2.33. The summed E-state index contributed by atoms with van der Waals surface area (Å²) in [5, 5.41) is 2.98. The van der Waals surface area contributed by atoms with E-state index in [0.717, 1.165) is 35.7 Å². The molecular formula is C20H22F2N2O2S. The number of ether oxygens (including phenoxy) is 1. The average molecular weight is 392 g/mol. The molecule has 1 aliphatic rings. The number of benzene rings is 2. The predicted molar refractivity (Wildman–Crippen MR) is 103 cm³/mol. The lowest BCUT2D eigenvalue weighted by molar-refractivity contribution is -0.126. The number of nitrogens with one attached hydrogen (secondary N) is 1. The maximum Gasteiger partial charge on any atom is 0.387 e. The van der Waals surface area contributed by atoms with Crippen LogP contribution >= 0.6 is 11.8 Å². The van der Waals surface area contributed by atoms with Crippen LogP contribution in [0.15, 0.2) is 54.6 Å². The summed E-state index contributed by atoms with van der Waals surface area (Å²) in [6.07, 6.45) is 0. The monoisotopic (exact) mass is 392 g/mol. The van der Waals surface area contributed by atoms with Crippen LogP contribution in [0.2, 0.25) is 0 Å². The standard InChI is InChI=1S/C20H22F2N2O2S/c21-20(22)26-17-8-6-15(7-9-17)14-23-19(25)18(16-4-2-1-3-5-16)24-10-12-27-13-11-24/h1-9,18,20H,10-14H2,(H,23,25)/t18-/m1/s1. The summed E-state index contributed by atoms with van der Waals surface area (Å²) < 4.78 is 28.8. The molecule has 27 heavy (non-hydrogen) atoms. The van der Waals surface area contributed by atoms with E-state index < -0.39 is 6.61 Å². The molecule has 0 aliphatic carbocycles. The first-order valence-corrected chi connectivity index (χ1v) is 9.97. The van der Waals surface area contributed by atoms with Crippen molar-refractivity contribution in [3.8, 4) is 5.75 Å². The van der Waals surface area contributed by atoms with E-state index in [4.69, 9.17) is 0 Å². The fourth-order valence-electron chi connectivity index (χ4n) is 3.07. The molecule has 1 amide bonds. The topological polar surface area (TPSA) is 41.6 Å².